The summed E-state index contributed by atoms with van der Waals surface area (Å²) in [6.07, 6.45) is 0. The number of hydrogen-bond donors (Lipinski definition) is 1. The highest BCUT2D eigenvalue weighted by atomic mass is 16.5. The molecular formula is C12H19NO3. The van der Waals surface area contributed by atoms with Crippen LogP contribution in [0.25, 0.3) is 0 Å². The molecule has 0 aromatic heterocycles. The summed E-state index contributed by atoms with van der Waals surface area (Å²) in [5, 5.41) is 0. The lowest BCUT2D eigenvalue weighted by atomic mass is 10.2. The molecule has 0 atom stereocenters. The summed E-state index contributed by atoms with van der Waals surface area (Å²) in [5.41, 5.74) is 5.78. The van der Waals surface area contributed by atoms with Gasteiger partial charge < -0.3 is 15.2 Å². The third kappa shape index (κ3) is 4.79. The second-order valence-corrected chi connectivity index (χ2v) is 2.65. The lowest BCUT2D eigenvalue weighted by molar-refractivity contribution is 0.0600. The number of carbonyl (C=O) groups excluding carboxylic acids is 1. The first-order valence-corrected chi connectivity index (χ1v) is 5.29. The molecule has 0 radical (unpaired) electrons. The van der Waals surface area contributed by atoms with Crippen molar-refractivity contribution in [2.24, 2.45) is 5.73 Å². The zero-order valence-electron chi connectivity index (χ0n) is 10.0. The summed E-state index contributed by atoms with van der Waals surface area (Å²) in [5.74, 6) is 0.346. The molecule has 0 heterocycles. The number of ether oxygens (including phenoxy) is 2. The molecule has 0 saturated heterocycles. The van der Waals surface area contributed by atoms with Crippen LogP contribution in [-0.4, -0.2) is 26.2 Å². The average Bonchev–Trinajstić information content (AvgIpc) is 2.38. The van der Waals surface area contributed by atoms with Gasteiger partial charge in [0.15, 0.2) is 0 Å². The Labute approximate surface area is 96.4 Å². The van der Waals surface area contributed by atoms with Crippen molar-refractivity contribution in [1.82, 2.24) is 0 Å². The Hall–Kier alpha value is -1.55. The number of rotatable bonds is 4. The molecule has 0 aliphatic rings. The van der Waals surface area contributed by atoms with Crippen LogP contribution in [0.5, 0.6) is 5.75 Å². The van der Waals surface area contributed by atoms with Gasteiger partial charge in [0.25, 0.3) is 0 Å². The first-order valence-electron chi connectivity index (χ1n) is 5.29. The SMILES string of the molecule is CC.COC(=O)c1ccc(OCCN)cc1. The summed E-state index contributed by atoms with van der Waals surface area (Å²) in [6.45, 7) is 4.94. The Kier molecular flexibility index (Phi) is 7.89. The number of methoxy groups -OCH3 is 1. The summed E-state index contributed by atoms with van der Waals surface area (Å²) < 4.78 is 9.80. The Morgan fingerprint density at radius 3 is 2.25 bits per heavy atom. The van der Waals surface area contributed by atoms with E-state index in [2.05, 4.69) is 4.74 Å². The van der Waals surface area contributed by atoms with E-state index in [1.807, 2.05) is 13.8 Å². The Balaban J connectivity index is 0.00000106. The molecule has 1 aromatic rings. The van der Waals surface area contributed by atoms with E-state index in [0.717, 1.165) is 0 Å². The average molecular weight is 225 g/mol. The van der Waals surface area contributed by atoms with Gasteiger partial charge in [0.05, 0.1) is 12.7 Å². The van der Waals surface area contributed by atoms with E-state index in [9.17, 15) is 4.79 Å². The first kappa shape index (κ1) is 14.5. The highest BCUT2D eigenvalue weighted by molar-refractivity contribution is 5.89. The van der Waals surface area contributed by atoms with Crippen molar-refractivity contribution in [1.29, 1.82) is 0 Å². The topological polar surface area (TPSA) is 61.5 Å². The van der Waals surface area contributed by atoms with Gasteiger partial charge in [-0.3, -0.25) is 0 Å². The van der Waals surface area contributed by atoms with Gasteiger partial charge in [-0.15, -0.1) is 0 Å². The van der Waals surface area contributed by atoms with Crippen molar-refractivity contribution in [3.63, 3.8) is 0 Å². The first-order chi connectivity index (χ1) is 7.77. The maximum Gasteiger partial charge on any atom is 0.337 e. The molecule has 0 saturated carbocycles. The van der Waals surface area contributed by atoms with Crippen LogP contribution in [0.2, 0.25) is 0 Å². The van der Waals surface area contributed by atoms with E-state index in [0.29, 0.717) is 24.5 Å². The molecule has 90 valence electrons. The highest BCUT2D eigenvalue weighted by Crippen LogP contribution is 2.12. The summed E-state index contributed by atoms with van der Waals surface area (Å²) in [4.78, 5) is 11.1. The second-order valence-electron chi connectivity index (χ2n) is 2.65. The number of nitrogens with two attached hydrogens (primary N) is 1. The molecule has 4 nitrogen and oxygen atoms in total. The maximum atomic E-state index is 11.1. The van der Waals surface area contributed by atoms with Crippen molar-refractivity contribution in [3.8, 4) is 5.75 Å². The van der Waals surface area contributed by atoms with Crippen molar-refractivity contribution in [2.75, 3.05) is 20.3 Å². The molecule has 1 aromatic carbocycles. The third-order valence-corrected chi connectivity index (χ3v) is 1.66. The number of benzene rings is 1. The molecule has 4 heteroatoms. The molecule has 0 aliphatic carbocycles. The van der Waals surface area contributed by atoms with Crippen LogP contribution >= 0.6 is 0 Å². The van der Waals surface area contributed by atoms with Crippen molar-refractivity contribution < 1.29 is 14.3 Å². The fourth-order valence-corrected chi connectivity index (χ4v) is 0.982. The van der Waals surface area contributed by atoms with Crippen molar-refractivity contribution in [2.45, 2.75) is 13.8 Å². The van der Waals surface area contributed by atoms with E-state index in [1.54, 1.807) is 24.3 Å². The predicted octanol–water partition coefficient (Wildman–Crippen LogP) is 1.84. The third-order valence-electron chi connectivity index (χ3n) is 1.66. The molecule has 0 amide bonds. The number of hydrogen-bond acceptors (Lipinski definition) is 4. The van der Waals surface area contributed by atoms with Crippen LogP contribution in [0.3, 0.4) is 0 Å². The van der Waals surface area contributed by atoms with E-state index in [-0.39, 0.29) is 5.97 Å². The summed E-state index contributed by atoms with van der Waals surface area (Å²) in [7, 11) is 1.35. The molecule has 0 unspecified atom stereocenters. The highest BCUT2D eigenvalue weighted by Gasteiger charge is 2.03. The minimum atomic E-state index is -0.352. The van der Waals surface area contributed by atoms with Crippen LogP contribution in [-0.2, 0) is 4.74 Å². The van der Waals surface area contributed by atoms with Gasteiger partial charge in [-0.1, -0.05) is 13.8 Å². The molecule has 16 heavy (non-hydrogen) atoms. The van der Waals surface area contributed by atoms with E-state index in [4.69, 9.17) is 10.5 Å². The Bertz CT molecular complexity index is 296. The molecule has 0 bridgehead atoms. The van der Waals surface area contributed by atoms with Crippen molar-refractivity contribution in [3.05, 3.63) is 29.8 Å². The standard InChI is InChI=1S/C10H13NO3.C2H6/c1-13-10(12)8-2-4-9(5-3-8)14-7-6-11;1-2/h2-5H,6-7,11H2,1H3;1-2H3. The van der Waals surface area contributed by atoms with Crippen LogP contribution < -0.4 is 10.5 Å². The zero-order valence-corrected chi connectivity index (χ0v) is 10.0. The molecular weight excluding hydrogens is 206 g/mol. The minimum Gasteiger partial charge on any atom is -0.492 e. The second kappa shape index (κ2) is 8.73. The van der Waals surface area contributed by atoms with Crippen molar-refractivity contribution >= 4 is 5.97 Å². The maximum absolute atomic E-state index is 11.1. The number of carbonyl (C=O) groups is 1. The number of esters is 1. The minimum absolute atomic E-state index is 0.352. The Morgan fingerprint density at radius 2 is 1.81 bits per heavy atom. The quantitative estimate of drug-likeness (QED) is 0.794. The van der Waals surface area contributed by atoms with Crippen LogP contribution in [0.15, 0.2) is 24.3 Å². The fraction of sp³-hybridized carbons (Fsp3) is 0.417. The van der Waals surface area contributed by atoms with Crippen LogP contribution in [0, 0.1) is 0 Å². The van der Waals surface area contributed by atoms with Gasteiger partial charge in [0, 0.05) is 6.54 Å². The van der Waals surface area contributed by atoms with Crippen LogP contribution in [0.1, 0.15) is 24.2 Å². The largest absolute Gasteiger partial charge is 0.492 e. The lowest BCUT2D eigenvalue weighted by Crippen LogP contribution is -2.10. The van der Waals surface area contributed by atoms with E-state index in [1.165, 1.54) is 7.11 Å². The normalized spacial score (nSPS) is 8.75. The monoisotopic (exact) mass is 225 g/mol. The van der Waals surface area contributed by atoms with Gasteiger partial charge in [0.2, 0.25) is 0 Å². The summed E-state index contributed by atoms with van der Waals surface area (Å²) in [6, 6.07) is 6.72. The van der Waals surface area contributed by atoms with Gasteiger partial charge in [0.1, 0.15) is 12.4 Å². The van der Waals surface area contributed by atoms with Gasteiger partial charge in [-0.2, -0.15) is 0 Å². The molecule has 1 rings (SSSR count). The molecule has 0 aliphatic heterocycles. The van der Waals surface area contributed by atoms with E-state index >= 15 is 0 Å². The smallest absolute Gasteiger partial charge is 0.337 e. The lowest BCUT2D eigenvalue weighted by Gasteiger charge is -2.04. The van der Waals surface area contributed by atoms with Crippen LogP contribution in [0.4, 0.5) is 0 Å². The van der Waals surface area contributed by atoms with E-state index < -0.39 is 0 Å². The Morgan fingerprint density at radius 1 is 1.25 bits per heavy atom. The van der Waals surface area contributed by atoms with Gasteiger partial charge >= 0.3 is 5.97 Å². The van der Waals surface area contributed by atoms with Gasteiger partial charge in [-0.05, 0) is 24.3 Å². The predicted molar refractivity (Wildman–Crippen MR) is 63.7 cm³/mol. The zero-order chi connectivity index (χ0) is 12.4. The molecule has 0 spiro atoms. The van der Waals surface area contributed by atoms with Gasteiger partial charge in [-0.25, -0.2) is 4.79 Å². The molecule has 0 fully saturated rings. The molecule has 2 N–H and O–H groups in total. The fourth-order valence-electron chi connectivity index (χ4n) is 0.982. The summed E-state index contributed by atoms with van der Waals surface area (Å²) >= 11 is 0.